The van der Waals surface area contributed by atoms with E-state index in [1.807, 2.05) is 41.6 Å². The molecule has 294 valence electrons. The van der Waals surface area contributed by atoms with Crippen molar-refractivity contribution in [3.63, 3.8) is 0 Å². The SMILES string of the molecule is COc1ccc2c(c1)C=C(c1c(C(=O)N3CC(C)N(C)C(C)C3)cnn1C(C)C)Cn1c-2c(C2CCCCC2)c2ccc(C(=O)NS(=O)(=O)CC(C)C)cc21. The van der Waals surface area contributed by atoms with Gasteiger partial charge in [-0.3, -0.25) is 19.2 Å². The summed E-state index contributed by atoms with van der Waals surface area (Å²) in [6.07, 6.45) is 9.53. The van der Waals surface area contributed by atoms with E-state index in [1.165, 1.54) is 12.0 Å². The number of piperazine rings is 1. The van der Waals surface area contributed by atoms with Gasteiger partial charge in [-0.1, -0.05) is 39.2 Å². The maximum absolute atomic E-state index is 14.6. The number of fused-ring (bicyclic) bond motifs is 5. The van der Waals surface area contributed by atoms with Gasteiger partial charge in [0.15, 0.2) is 0 Å². The molecule has 2 aliphatic heterocycles. The predicted molar refractivity (Wildman–Crippen MR) is 219 cm³/mol. The van der Waals surface area contributed by atoms with Gasteiger partial charge in [-0.2, -0.15) is 5.10 Å². The molecule has 55 heavy (non-hydrogen) atoms. The molecular weight excluding hydrogens is 713 g/mol. The van der Waals surface area contributed by atoms with Crippen LogP contribution in [0, 0.1) is 5.92 Å². The van der Waals surface area contributed by atoms with Gasteiger partial charge in [0.25, 0.3) is 11.8 Å². The quantitative estimate of drug-likeness (QED) is 0.187. The number of nitrogens with one attached hydrogen (secondary N) is 1. The number of sulfonamides is 1. The number of carbonyl (C=O) groups is 2. The summed E-state index contributed by atoms with van der Waals surface area (Å²) in [5.41, 5.74) is 7.74. The Hall–Kier alpha value is -4.42. The second-order valence-electron chi connectivity index (χ2n) is 16.7. The smallest absolute Gasteiger partial charge is 0.264 e. The van der Waals surface area contributed by atoms with Crippen molar-refractivity contribution < 1.29 is 22.7 Å². The van der Waals surface area contributed by atoms with E-state index in [-0.39, 0.29) is 41.3 Å². The second-order valence-corrected chi connectivity index (χ2v) is 18.4. The number of carbonyl (C=O) groups excluding carboxylic acids is 2. The van der Waals surface area contributed by atoms with Gasteiger partial charge in [0.2, 0.25) is 10.0 Å². The van der Waals surface area contributed by atoms with Crippen LogP contribution in [0.15, 0.2) is 42.6 Å². The fourth-order valence-corrected chi connectivity index (χ4v) is 10.3. The highest BCUT2D eigenvalue weighted by molar-refractivity contribution is 7.90. The molecule has 1 aliphatic carbocycles. The summed E-state index contributed by atoms with van der Waals surface area (Å²) in [6, 6.07) is 12.2. The van der Waals surface area contributed by atoms with E-state index in [1.54, 1.807) is 19.4 Å². The van der Waals surface area contributed by atoms with Crippen LogP contribution >= 0.6 is 0 Å². The summed E-state index contributed by atoms with van der Waals surface area (Å²) >= 11 is 0. The molecule has 1 N–H and O–H groups in total. The van der Waals surface area contributed by atoms with E-state index in [4.69, 9.17) is 9.84 Å². The Morgan fingerprint density at radius 1 is 0.964 bits per heavy atom. The van der Waals surface area contributed by atoms with E-state index in [2.05, 4.69) is 67.1 Å². The molecule has 1 saturated carbocycles. The number of rotatable bonds is 9. The van der Waals surface area contributed by atoms with Crippen molar-refractivity contribution in [3.05, 3.63) is 70.5 Å². The van der Waals surface area contributed by atoms with Gasteiger partial charge < -0.3 is 14.2 Å². The number of hydrogen-bond donors (Lipinski definition) is 1. The minimum absolute atomic E-state index is 0.0300. The van der Waals surface area contributed by atoms with Crippen LogP contribution < -0.4 is 9.46 Å². The first-order valence-corrected chi connectivity index (χ1v) is 21.5. The van der Waals surface area contributed by atoms with Crippen molar-refractivity contribution >= 4 is 44.4 Å². The zero-order valence-electron chi connectivity index (χ0n) is 33.6. The number of nitrogens with zero attached hydrogens (tertiary/aromatic N) is 5. The lowest BCUT2D eigenvalue weighted by atomic mass is 9.81. The number of benzene rings is 2. The molecule has 3 aliphatic rings. The Morgan fingerprint density at radius 2 is 1.67 bits per heavy atom. The first-order valence-electron chi connectivity index (χ1n) is 19.9. The number of amides is 2. The molecule has 7 rings (SSSR count). The molecule has 1 saturated heterocycles. The molecule has 2 unspecified atom stereocenters. The van der Waals surface area contributed by atoms with Crippen LogP contribution in [-0.4, -0.2) is 89.5 Å². The van der Waals surface area contributed by atoms with Crippen LogP contribution in [-0.2, 0) is 16.6 Å². The Kier molecular flexibility index (Phi) is 10.8. The van der Waals surface area contributed by atoms with Gasteiger partial charge in [-0.05, 0) is 113 Å². The molecule has 2 aromatic carbocycles. The van der Waals surface area contributed by atoms with Crippen LogP contribution in [0.2, 0.25) is 0 Å². The monoisotopic (exact) mass is 768 g/mol. The number of methoxy groups -OCH3 is 1. The third-order valence-corrected chi connectivity index (χ3v) is 13.4. The number of ether oxygens (including phenoxy) is 1. The van der Waals surface area contributed by atoms with Crippen LogP contribution in [0.25, 0.3) is 33.8 Å². The molecule has 0 spiro atoms. The molecule has 2 fully saturated rings. The molecule has 4 heterocycles. The number of allylic oxidation sites excluding steroid dienone is 1. The maximum atomic E-state index is 14.6. The fraction of sp³-hybridized carbons (Fsp3) is 0.512. The summed E-state index contributed by atoms with van der Waals surface area (Å²) in [5, 5.41) is 5.90. The average molecular weight is 769 g/mol. The van der Waals surface area contributed by atoms with Gasteiger partial charge in [-0.25, -0.2) is 13.1 Å². The van der Waals surface area contributed by atoms with Crippen molar-refractivity contribution in [1.82, 2.24) is 28.9 Å². The van der Waals surface area contributed by atoms with E-state index < -0.39 is 15.9 Å². The molecule has 0 radical (unpaired) electrons. The summed E-state index contributed by atoms with van der Waals surface area (Å²) in [6.45, 7) is 13.7. The lowest BCUT2D eigenvalue weighted by Crippen LogP contribution is -2.56. The molecule has 2 amide bonds. The summed E-state index contributed by atoms with van der Waals surface area (Å²) in [7, 11) is -0.0391. The maximum Gasteiger partial charge on any atom is 0.264 e. The van der Waals surface area contributed by atoms with Crippen LogP contribution in [0.1, 0.15) is 123 Å². The first kappa shape index (κ1) is 38.8. The Balaban J connectivity index is 1.44. The van der Waals surface area contributed by atoms with Gasteiger partial charge in [0.1, 0.15) is 5.75 Å². The third kappa shape index (κ3) is 7.47. The second kappa shape index (κ2) is 15.3. The van der Waals surface area contributed by atoms with Crippen molar-refractivity contribution in [1.29, 1.82) is 0 Å². The first-order chi connectivity index (χ1) is 26.2. The van der Waals surface area contributed by atoms with Crippen LogP contribution in [0.3, 0.4) is 0 Å². The third-order valence-electron chi connectivity index (χ3n) is 11.8. The van der Waals surface area contributed by atoms with Gasteiger partial charge in [0.05, 0.1) is 42.6 Å². The lowest BCUT2D eigenvalue weighted by Gasteiger charge is -2.42. The summed E-state index contributed by atoms with van der Waals surface area (Å²) < 4.78 is 38.1. The van der Waals surface area contributed by atoms with Crippen molar-refractivity contribution in [3.8, 4) is 17.0 Å². The highest BCUT2D eigenvalue weighted by Crippen LogP contribution is 2.48. The van der Waals surface area contributed by atoms with Crippen molar-refractivity contribution in [2.75, 3.05) is 33.0 Å². The number of hydrogen-bond acceptors (Lipinski definition) is 7. The zero-order chi connectivity index (χ0) is 39.3. The zero-order valence-corrected chi connectivity index (χ0v) is 34.4. The number of aromatic nitrogens is 3. The van der Waals surface area contributed by atoms with Crippen molar-refractivity contribution in [2.45, 2.75) is 104 Å². The van der Waals surface area contributed by atoms with E-state index in [0.29, 0.717) is 31.1 Å². The lowest BCUT2D eigenvalue weighted by molar-refractivity contribution is 0.0414. The minimum Gasteiger partial charge on any atom is -0.497 e. The highest BCUT2D eigenvalue weighted by atomic mass is 32.2. The average Bonchev–Trinajstić information content (AvgIpc) is 3.67. The molecule has 2 aromatic heterocycles. The normalized spacial score (nSPS) is 19.7. The van der Waals surface area contributed by atoms with E-state index in [9.17, 15) is 18.0 Å². The van der Waals surface area contributed by atoms with E-state index >= 15 is 0 Å². The molecule has 12 heteroatoms. The fourth-order valence-electron chi connectivity index (χ4n) is 8.98. The largest absolute Gasteiger partial charge is 0.497 e. The van der Waals surface area contributed by atoms with Crippen LogP contribution in [0.5, 0.6) is 5.75 Å². The summed E-state index contributed by atoms with van der Waals surface area (Å²) in [4.78, 5) is 32.5. The number of likely N-dealkylation sites (N-methyl/N-ethyl adjacent to an activating group) is 1. The standard InChI is InChI=1S/C43H56N6O5S/c1-26(2)25-55(52,53)45-42(50)31-14-16-36-38(20-31)48-24-33(18-32-19-34(54-8)15-17-35(32)41(48)39(36)30-12-10-9-11-13-30)40-37(21-44-49(40)27(3)4)43(51)47-22-28(5)46(7)29(6)23-47/h14-21,26-30H,9-13,22-25H2,1-8H3,(H,45,50). The molecule has 11 nitrogen and oxygen atoms in total. The minimum atomic E-state index is -3.82. The molecule has 0 bridgehead atoms. The molecule has 2 atom stereocenters. The predicted octanol–water partition coefficient (Wildman–Crippen LogP) is 7.58. The van der Waals surface area contributed by atoms with Gasteiger partial charge in [0, 0.05) is 53.2 Å². The van der Waals surface area contributed by atoms with Gasteiger partial charge in [-0.15, -0.1) is 0 Å². The van der Waals surface area contributed by atoms with E-state index in [0.717, 1.165) is 70.4 Å². The van der Waals surface area contributed by atoms with Crippen molar-refractivity contribution in [2.24, 2.45) is 5.92 Å². The topological polar surface area (TPSA) is 119 Å². The highest BCUT2D eigenvalue weighted by Gasteiger charge is 2.35. The molecule has 4 aromatic rings. The van der Waals surface area contributed by atoms with Crippen LogP contribution in [0.4, 0.5) is 0 Å². The Bertz CT molecular complexity index is 2250. The summed E-state index contributed by atoms with van der Waals surface area (Å²) in [5.74, 6) is 0.0943. The van der Waals surface area contributed by atoms with Gasteiger partial charge >= 0.3 is 0 Å². The molecular formula is C43H56N6O5S. The Morgan fingerprint density at radius 3 is 2.33 bits per heavy atom. The Labute approximate surface area is 325 Å².